The van der Waals surface area contributed by atoms with Gasteiger partial charge >= 0.3 is 40.9 Å². The summed E-state index contributed by atoms with van der Waals surface area (Å²) in [5.74, 6) is -0.709. The minimum absolute atomic E-state index is 0. The predicted octanol–water partition coefficient (Wildman–Crippen LogP) is -1.79. The summed E-state index contributed by atoms with van der Waals surface area (Å²) in [4.78, 5) is 18.6. The van der Waals surface area contributed by atoms with Crippen molar-refractivity contribution in [1.82, 2.24) is 0 Å². The first-order valence-electron chi connectivity index (χ1n) is 3.15. The van der Waals surface area contributed by atoms with Crippen molar-refractivity contribution in [1.29, 1.82) is 0 Å². The second-order valence-electron chi connectivity index (χ2n) is 2.16. The van der Waals surface area contributed by atoms with Crippen LogP contribution in [0.25, 0.3) is 0 Å². The molecule has 0 saturated carbocycles. The van der Waals surface area contributed by atoms with Crippen LogP contribution in [0.5, 0.6) is 5.75 Å². The van der Waals surface area contributed by atoms with Gasteiger partial charge in [-0.25, -0.2) is 0 Å². The number of hydrogen-bond acceptors (Lipinski definition) is 5. The Kier molecular flexibility index (Phi) is 4.48. The van der Waals surface area contributed by atoms with E-state index in [9.17, 15) is 20.2 Å². The van der Waals surface area contributed by atoms with Crippen LogP contribution in [-0.4, -0.2) is 15.0 Å². The zero-order valence-corrected chi connectivity index (χ0v) is 9.21. The summed E-state index contributed by atoms with van der Waals surface area (Å²) in [7, 11) is 0. The van der Waals surface area contributed by atoms with Crippen LogP contribution in [0.3, 0.4) is 0 Å². The van der Waals surface area contributed by atoms with Crippen molar-refractivity contribution in [3.63, 3.8) is 0 Å². The number of para-hydroxylation sites is 1. The van der Waals surface area contributed by atoms with Gasteiger partial charge in [0.2, 0.25) is 5.75 Å². The predicted molar refractivity (Wildman–Crippen MR) is 41.4 cm³/mol. The quantitative estimate of drug-likeness (QED) is 0.350. The van der Waals surface area contributed by atoms with E-state index < -0.39 is 27.0 Å². The van der Waals surface area contributed by atoms with E-state index in [2.05, 4.69) is 0 Å². The number of phenolic OH excluding ortho intramolecular Hbond substituents is 1. The molecule has 0 atom stereocenters. The third-order valence-electron chi connectivity index (χ3n) is 1.37. The zero-order chi connectivity index (χ0) is 10.0. The van der Waals surface area contributed by atoms with Crippen LogP contribution in [-0.2, 0) is 0 Å². The molecule has 14 heavy (non-hydrogen) atoms. The summed E-state index contributed by atoms with van der Waals surface area (Å²) in [5.41, 5.74) is -1.60. The Morgan fingerprint density at radius 2 is 1.71 bits per heavy atom. The fourth-order valence-corrected chi connectivity index (χ4v) is 0.854. The molecule has 1 rings (SSSR count). The minimum Gasteiger partial charge on any atom is -0.502 e. The average Bonchev–Trinajstić information content (AvgIpc) is 2.02. The number of benzene rings is 1. The summed E-state index contributed by atoms with van der Waals surface area (Å²) in [6, 6.07) is 3.14. The van der Waals surface area contributed by atoms with Crippen molar-refractivity contribution in [2.24, 2.45) is 0 Å². The van der Waals surface area contributed by atoms with Gasteiger partial charge in [0.25, 0.3) is 0 Å². The Morgan fingerprint density at radius 3 is 2.07 bits per heavy atom. The van der Waals surface area contributed by atoms with Gasteiger partial charge in [-0.2, -0.15) is 0 Å². The van der Waals surface area contributed by atoms with Gasteiger partial charge in [0.05, 0.1) is 9.85 Å². The number of nitro groups is 2. The van der Waals surface area contributed by atoms with Crippen molar-refractivity contribution in [3.05, 3.63) is 38.4 Å². The number of phenols is 1. The first-order valence-corrected chi connectivity index (χ1v) is 3.15. The second kappa shape index (κ2) is 4.89. The third-order valence-corrected chi connectivity index (χ3v) is 1.37. The van der Waals surface area contributed by atoms with Crippen LogP contribution >= 0.6 is 0 Å². The molecular weight excluding hydrogens is 203 g/mol. The molecule has 0 aliphatic carbocycles. The van der Waals surface area contributed by atoms with Gasteiger partial charge in [-0.15, -0.1) is 0 Å². The molecule has 0 radical (unpaired) electrons. The Bertz CT molecular complexity index is 380. The maximum Gasteiger partial charge on any atom is 1.00 e. The smallest absolute Gasteiger partial charge is 0.502 e. The standard InChI is InChI=1S/C6H4N2O5.Na/c9-5-3-1-2-4(7(10)11)6(5)8(12)13;/h1-3,9H;/q;+1. The Morgan fingerprint density at radius 1 is 1.14 bits per heavy atom. The fraction of sp³-hybridized carbons (Fsp3) is 0. The molecule has 0 unspecified atom stereocenters. The van der Waals surface area contributed by atoms with Crippen molar-refractivity contribution in [2.45, 2.75) is 0 Å². The average molecular weight is 207 g/mol. The molecule has 0 aromatic heterocycles. The van der Waals surface area contributed by atoms with E-state index in [0.29, 0.717) is 0 Å². The van der Waals surface area contributed by atoms with Crippen LogP contribution < -0.4 is 29.6 Å². The van der Waals surface area contributed by atoms with Crippen LogP contribution in [0, 0.1) is 20.2 Å². The normalized spacial score (nSPS) is 8.86. The molecule has 0 heterocycles. The van der Waals surface area contributed by atoms with Crippen molar-refractivity contribution in [3.8, 4) is 5.75 Å². The molecule has 1 aromatic rings. The van der Waals surface area contributed by atoms with Gasteiger partial charge in [0, 0.05) is 6.07 Å². The van der Waals surface area contributed by atoms with Crippen molar-refractivity contribution in [2.75, 3.05) is 0 Å². The Balaban J connectivity index is 0.00000169. The van der Waals surface area contributed by atoms with E-state index in [1.165, 1.54) is 6.07 Å². The summed E-state index contributed by atoms with van der Waals surface area (Å²) in [5, 5.41) is 29.5. The van der Waals surface area contributed by atoms with Crippen molar-refractivity contribution < 1.29 is 44.5 Å². The van der Waals surface area contributed by atoms with Crippen LogP contribution in [0.15, 0.2) is 18.2 Å². The molecular formula is C6H4N2NaO5+. The molecule has 0 amide bonds. The van der Waals surface area contributed by atoms with E-state index in [1.54, 1.807) is 0 Å². The van der Waals surface area contributed by atoms with Crippen LogP contribution in [0.4, 0.5) is 11.4 Å². The van der Waals surface area contributed by atoms with Gasteiger partial charge in [-0.05, 0) is 6.07 Å². The van der Waals surface area contributed by atoms with Crippen LogP contribution in [0.2, 0.25) is 0 Å². The van der Waals surface area contributed by atoms with Gasteiger partial charge in [-0.3, -0.25) is 20.2 Å². The fourth-order valence-electron chi connectivity index (χ4n) is 0.854. The molecule has 68 valence electrons. The molecule has 0 aliphatic rings. The number of nitrogens with zero attached hydrogens (tertiary/aromatic N) is 2. The molecule has 0 aliphatic heterocycles. The van der Waals surface area contributed by atoms with Crippen LogP contribution in [0.1, 0.15) is 0 Å². The molecule has 0 bridgehead atoms. The summed E-state index contributed by atoms with van der Waals surface area (Å²) < 4.78 is 0. The van der Waals surface area contributed by atoms with Gasteiger partial charge < -0.3 is 5.11 Å². The molecule has 7 nitrogen and oxygen atoms in total. The Hall–Kier alpha value is -1.18. The van der Waals surface area contributed by atoms with E-state index >= 15 is 0 Å². The number of aromatic hydroxyl groups is 1. The molecule has 0 saturated heterocycles. The van der Waals surface area contributed by atoms with E-state index in [1.807, 2.05) is 0 Å². The number of nitro benzene ring substituents is 2. The summed E-state index contributed by atoms with van der Waals surface area (Å²) >= 11 is 0. The SMILES string of the molecule is O=[N+]([O-])c1cccc(O)c1[N+](=O)[O-].[Na+]. The first kappa shape index (κ1) is 12.8. The van der Waals surface area contributed by atoms with Gasteiger partial charge in [-0.1, -0.05) is 6.07 Å². The molecule has 0 fully saturated rings. The minimum atomic E-state index is -0.993. The van der Waals surface area contributed by atoms with E-state index in [0.717, 1.165) is 12.1 Å². The second-order valence-corrected chi connectivity index (χ2v) is 2.16. The maximum atomic E-state index is 10.3. The summed E-state index contributed by atoms with van der Waals surface area (Å²) in [6.45, 7) is 0. The Labute approximate surface area is 99.9 Å². The maximum absolute atomic E-state index is 10.3. The zero-order valence-electron chi connectivity index (χ0n) is 7.21. The molecule has 1 aromatic carbocycles. The number of hydrogen-bond donors (Lipinski definition) is 1. The van der Waals surface area contributed by atoms with E-state index in [-0.39, 0.29) is 29.6 Å². The number of rotatable bonds is 2. The largest absolute Gasteiger partial charge is 1.00 e. The summed E-state index contributed by atoms with van der Waals surface area (Å²) in [6.07, 6.45) is 0. The molecule has 0 spiro atoms. The van der Waals surface area contributed by atoms with E-state index in [4.69, 9.17) is 5.11 Å². The topological polar surface area (TPSA) is 107 Å². The molecule has 8 heteroatoms. The van der Waals surface area contributed by atoms with Gasteiger partial charge in [0.15, 0.2) is 0 Å². The molecule has 1 N–H and O–H groups in total. The third kappa shape index (κ3) is 2.41. The monoisotopic (exact) mass is 207 g/mol. The first-order chi connectivity index (χ1) is 6.04. The van der Waals surface area contributed by atoms with Gasteiger partial charge in [0.1, 0.15) is 0 Å². The van der Waals surface area contributed by atoms with Crippen molar-refractivity contribution >= 4 is 11.4 Å².